The fourth-order valence-corrected chi connectivity index (χ4v) is 3.16. The lowest BCUT2D eigenvalue weighted by molar-refractivity contribution is -0.161. The number of β-lactam (4-membered cyclic amide) rings is 1. The molecule has 0 N–H and O–H groups in total. The molecular formula is C22H21NO4. The topological polar surface area (TPSA) is 55.8 Å². The van der Waals surface area contributed by atoms with Crippen molar-refractivity contribution >= 4 is 12.1 Å². The molecule has 1 amide bonds. The maximum atomic E-state index is 12.5. The molecule has 0 aliphatic carbocycles. The minimum Gasteiger partial charge on any atom is -0.430 e. The molecule has 27 heavy (non-hydrogen) atoms. The van der Waals surface area contributed by atoms with E-state index < -0.39 is 24.2 Å². The number of hydrogen-bond donors (Lipinski definition) is 0. The predicted octanol–water partition coefficient (Wildman–Crippen LogP) is 3.39. The third-order valence-corrected chi connectivity index (χ3v) is 4.60. The Morgan fingerprint density at radius 2 is 1.70 bits per heavy atom. The van der Waals surface area contributed by atoms with E-state index in [9.17, 15) is 9.59 Å². The van der Waals surface area contributed by atoms with Crippen LogP contribution in [0, 0.1) is 18.3 Å². The van der Waals surface area contributed by atoms with Gasteiger partial charge < -0.3 is 14.4 Å². The van der Waals surface area contributed by atoms with E-state index in [4.69, 9.17) is 15.9 Å². The predicted molar refractivity (Wildman–Crippen MR) is 100 cm³/mol. The summed E-state index contributed by atoms with van der Waals surface area (Å²) in [6, 6.07) is 18.5. The lowest BCUT2D eigenvalue weighted by atomic mass is 9.83. The summed E-state index contributed by atoms with van der Waals surface area (Å²) >= 11 is 0. The zero-order chi connectivity index (χ0) is 19.2. The average Bonchev–Trinajstić information content (AvgIpc) is 2.69. The zero-order valence-corrected chi connectivity index (χ0v) is 15.1. The lowest BCUT2D eigenvalue weighted by Crippen LogP contribution is -2.63. The van der Waals surface area contributed by atoms with Crippen molar-refractivity contribution in [2.45, 2.75) is 32.2 Å². The number of likely N-dealkylation sites (tertiary alicyclic amines) is 1. The molecule has 0 radical (unpaired) electrons. The molecule has 5 nitrogen and oxygen atoms in total. The van der Waals surface area contributed by atoms with Crippen molar-refractivity contribution in [1.29, 1.82) is 0 Å². The SMILES string of the molecule is C#CC1C(C(C)OC(=O)OCc2ccccc2)C(=O)N1Cc1ccccc1. The van der Waals surface area contributed by atoms with Gasteiger partial charge in [0.25, 0.3) is 0 Å². The van der Waals surface area contributed by atoms with E-state index in [1.54, 1.807) is 11.8 Å². The van der Waals surface area contributed by atoms with Crippen LogP contribution in [0.25, 0.3) is 0 Å². The molecule has 138 valence electrons. The van der Waals surface area contributed by atoms with Crippen molar-refractivity contribution in [3.63, 3.8) is 0 Å². The first-order valence-electron chi connectivity index (χ1n) is 8.78. The van der Waals surface area contributed by atoms with Crippen molar-refractivity contribution in [3.8, 4) is 12.3 Å². The third-order valence-electron chi connectivity index (χ3n) is 4.60. The van der Waals surface area contributed by atoms with Gasteiger partial charge in [0.15, 0.2) is 0 Å². The van der Waals surface area contributed by atoms with Crippen LogP contribution in [-0.2, 0) is 27.4 Å². The highest BCUT2D eigenvalue weighted by molar-refractivity contribution is 5.88. The molecule has 1 saturated heterocycles. The van der Waals surface area contributed by atoms with Crippen LogP contribution in [0.5, 0.6) is 0 Å². The summed E-state index contributed by atoms with van der Waals surface area (Å²) in [4.78, 5) is 26.1. The second-order valence-corrected chi connectivity index (χ2v) is 6.44. The second-order valence-electron chi connectivity index (χ2n) is 6.44. The monoisotopic (exact) mass is 363 g/mol. The molecular weight excluding hydrogens is 342 g/mol. The Morgan fingerprint density at radius 3 is 2.30 bits per heavy atom. The Kier molecular flexibility index (Phi) is 5.77. The Bertz CT molecular complexity index is 828. The van der Waals surface area contributed by atoms with Gasteiger partial charge in [0.2, 0.25) is 5.91 Å². The summed E-state index contributed by atoms with van der Waals surface area (Å²) in [5.74, 6) is 1.96. The highest BCUT2D eigenvalue weighted by Crippen LogP contribution is 2.32. The van der Waals surface area contributed by atoms with Crippen LogP contribution >= 0.6 is 0 Å². The summed E-state index contributed by atoms with van der Waals surface area (Å²) in [5.41, 5.74) is 1.86. The van der Waals surface area contributed by atoms with Crippen molar-refractivity contribution < 1.29 is 19.1 Å². The molecule has 3 unspecified atom stereocenters. The standard InChI is InChI=1S/C22H21NO4/c1-3-19-20(21(24)23(19)14-17-10-6-4-7-11-17)16(2)27-22(25)26-15-18-12-8-5-9-13-18/h1,4-13,16,19-20H,14-15H2,2H3. The van der Waals surface area contributed by atoms with Gasteiger partial charge in [-0.2, -0.15) is 0 Å². The summed E-state index contributed by atoms with van der Waals surface area (Å²) in [6.07, 6.45) is 4.15. The van der Waals surface area contributed by atoms with Gasteiger partial charge in [-0.05, 0) is 18.1 Å². The van der Waals surface area contributed by atoms with E-state index in [2.05, 4.69) is 5.92 Å². The quantitative estimate of drug-likeness (QED) is 0.448. The van der Waals surface area contributed by atoms with Crippen LogP contribution in [0.3, 0.4) is 0 Å². The zero-order valence-electron chi connectivity index (χ0n) is 15.1. The molecule has 1 fully saturated rings. The van der Waals surface area contributed by atoms with Crippen LogP contribution in [0.4, 0.5) is 4.79 Å². The number of carbonyl (C=O) groups is 2. The minimum absolute atomic E-state index is 0.115. The van der Waals surface area contributed by atoms with Gasteiger partial charge in [0, 0.05) is 6.54 Å². The van der Waals surface area contributed by atoms with E-state index in [1.165, 1.54) is 0 Å². The number of ether oxygens (including phenoxy) is 2. The minimum atomic E-state index is -0.809. The molecule has 3 atom stereocenters. The number of terminal acetylenes is 1. The van der Waals surface area contributed by atoms with Crippen molar-refractivity contribution in [1.82, 2.24) is 4.90 Å². The molecule has 5 heteroatoms. The van der Waals surface area contributed by atoms with E-state index >= 15 is 0 Å². The Labute approximate surface area is 158 Å². The van der Waals surface area contributed by atoms with Crippen molar-refractivity contribution in [3.05, 3.63) is 71.8 Å². The maximum absolute atomic E-state index is 12.5. The van der Waals surface area contributed by atoms with Crippen LogP contribution in [0.1, 0.15) is 18.1 Å². The van der Waals surface area contributed by atoms with Gasteiger partial charge in [0.1, 0.15) is 24.7 Å². The van der Waals surface area contributed by atoms with E-state index in [0.29, 0.717) is 6.54 Å². The Hall–Kier alpha value is -3.26. The summed E-state index contributed by atoms with van der Waals surface area (Å²) < 4.78 is 10.4. The summed E-state index contributed by atoms with van der Waals surface area (Å²) in [6.45, 7) is 2.22. The van der Waals surface area contributed by atoms with Crippen LogP contribution in [0.15, 0.2) is 60.7 Å². The molecule has 0 aromatic heterocycles. The Balaban J connectivity index is 1.53. The van der Waals surface area contributed by atoms with Gasteiger partial charge in [-0.1, -0.05) is 66.6 Å². The normalized spacial score (nSPS) is 19.6. The average molecular weight is 363 g/mol. The molecule has 0 saturated carbocycles. The fourth-order valence-electron chi connectivity index (χ4n) is 3.16. The fraction of sp³-hybridized carbons (Fsp3) is 0.273. The molecule has 3 rings (SSSR count). The number of amides is 1. The number of benzene rings is 2. The van der Waals surface area contributed by atoms with Gasteiger partial charge in [-0.3, -0.25) is 4.79 Å². The van der Waals surface area contributed by atoms with Crippen LogP contribution in [0.2, 0.25) is 0 Å². The van der Waals surface area contributed by atoms with Gasteiger partial charge in [-0.25, -0.2) is 4.79 Å². The smallest absolute Gasteiger partial charge is 0.430 e. The molecule has 1 aliphatic heterocycles. The van der Waals surface area contributed by atoms with Crippen LogP contribution < -0.4 is 0 Å². The summed E-state index contributed by atoms with van der Waals surface area (Å²) in [5, 5.41) is 0. The number of hydrogen-bond acceptors (Lipinski definition) is 4. The third kappa shape index (κ3) is 4.29. The van der Waals surface area contributed by atoms with E-state index in [1.807, 2.05) is 60.7 Å². The largest absolute Gasteiger partial charge is 0.508 e. The summed E-state index contributed by atoms with van der Waals surface area (Å²) in [7, 11) is 0. The number of nitrogens with zero attached hydrogens (tertiary/aromatic N) is 1. The first-order valence-corrected chi connectivity index (χ1v) is 8.78. The molecule has 1 heterocycles. The first kappa shape index (κ1) is 18.5. The van der Waals surface area contributed by atoms with E-state index in [0.717, 1.165) is 11.1 Å². The van der Waals surface area contributed by atoms with E-state index in [-0.39, 0.29) is 12.5 Å². The first-order chi connectivity index (χ1) is 13.1. The number of rotatable bonds is 6. The number of carbonyl (C=O) groups excluding carboxylic acids is 2. The molecule has 2 aromatic rings. The Morgan fingerprint density at radius 1 is 1.11 bits per heavy atom. The van der Waals surface area contributed by atoms with Gasteiger partial charge in [-0.15, -0.1) is 6.42 Å². The molecule has 2 aromatic carbocycles. The highest BCUT2D eigenvalue weighted by atomic mass is 16.7. The van der Waals surface area contributed by atoms with Crippen molar-refractivity contribution in [2.75, 3.05) is 0 Å². The van der Waals surface area contributed by atoms with Gasteiger partial charge in [0.05, 0.1) is 0 Å². The highest BCUT2D eigenvalue weighted by Gasteiger charge is 2.50. The van der Waals surface area contributed by atoms with Crippen LogP contribution in [-0.4, -0.2) is 29.1 Å². The van der Waals surface area contributed by atoms with Crippen molar-refractivity contribution in [2.24, 2.45) is 5.92 Å². The lowest BCUT2D eigenvalue weighted by Gasteiger charge is -2.46. The molecule has 0 bridgehead atoms. The molecule has 0 spiro atoms. The van der Waals surface area contributed by atoms with Gasteiger partial charge >= 0.3 is 6.16 Å². The second kappa shape index (κ2) is 8.41. The molecule has 1 aliphatic rings. The maximum Gasteiger partial charge on any atom is 0.508 e.